The SMILES string of the molecule is CNCC(C)c1sccc1C. The first-order valence-corrected chi connectivity index (χ1v) is 4.82. The lowest BCUT2D eigenvalue weighted by Crippen LogP contribution is -2.14. The summed E-state index contributed by atoms with van der Waals surface area (Å²) < 4.78 is 0. The van der Waals surface area contributed by atoms with Gasteiger partial charge in [-0.3, -0.25) is 0 Å². The van der Waals surface area contributed by atoms with Gasteiger partial charge in [-0.05, 0) is 31.0 Å². The third-order valence-corrected chi connectivity index (χ3v) is 3.11. The Morgan fingerprint density at radius 2 is 2.36 bits per heavy atom. The number of rotatable bonds is 3. The first-order chi connectivity index (χ1) is 5.25. The van der Waals surface area contributed by atoms with Gasteiger partial charge < -0.3 is 5.32 Å². The van der Waals surface area contributed by atoms with Crippen molar-refractivity contribution in [2.24, 2.45) is 0 Å². The molecule has 1 N–H and O–H groups in total. The average Bonchev–Trinajstić information content (AvgIpc) is 2.36. The van der Waals surface area contributed by atoms with Gasteiger partial charge in [0.15, 0.2) is 0 Å². The topological polar surface area (TPSA) is 12.0 Å². The molecule has 0 bridgehead atoms. The van der Waals surface area contributed by atoms with Crippen molar-refractivity contribution in [3.05, 3.63) is 21.9 Å². The first kappa shape index (κ1) is 8.75. The van der Waals surface area contributed by atoms with Crippen LogP contribution in [-0.2, 0) is 0 Å². The van der Waals surface area contributed by atoms with Crippen LogP contribution in [0.5, 0.6) is 0 Å². The van der Waals surface area contributed by atoms with E-state index >= 15 is 0 Å². The molecule has 0 saturated heterocycles. The summed E-state index contributed by atoms with van der Waals surface area (Å²) in [4.78, 5) is 1.51. The highest BCUT2D eigenvalue weighted by molar-refractivity contribution is 7.10. The second-order valence-corrected chi connectivity index (χ2v) is 3.87. The Morgan fingerprint density at radius 1 is 1.64 bits per heavy atom. The van der Waals surface area contributed by atoms with Crippen LogP contribution < -0.4 is 5.32 Å². The Morgan fingerprint density at radius 3 is 2.82 bits per heavy atom. The molecule has 2 heteroatoms. The fraction of sp³-hybridized carbons (Fsp3) is 0.556. The molecule has 0 aliphatic rings. The molecule has 1 rings (SSSR count). The quantitative estimate of drug-likeness (QED) is 0.732. The lowest BCUT2D eigenvalue weighted by Gasteiger charge is -2.08. The van der Waals surface area contributed by atoms with Crippen molar-refractivity contribution in [1.82, 2.24) is 5.32 Å². The number of hydrogen-bond donors (Lipinski definition) is 1. The van der Waals surface area contributed by atoms with E-state index in [-0.39, 0.29) is 0 Å². The molecule has 1 nitrogen and oxygen atoms in total. The van der Waals surface area contributed by atoms with Crippen LogP contribution in [0.2, 0.25) is 0 Å². The lowest BCUT2D eigenvalue weighted by atomic mass is 10.1. The molecule has 0 aromatic carbocycles. The third-order valence-electron chi connectivity index (χ3n) is 1.86. The molecule has 0 spiro atoms. The number of likely N-dealkylation sites (N-methyl/N-ethyl adjacent to an activating group) is 1. The summed E-state index contributed by atoms with van der Waals surface area (Å²) in [6.45, 7) is 5.51. The van der Waals surface area contributed by atoms with E-state index in [9.17, 15) is 0 Å². The summed E-state index contributed by atoms with van der Waals surface area (Å²) in [5, 5.41) is 5.35. The van der Waals surface area contributed by atoms with Crippen LogP contribution in [-0.4, -0.2) is 13.6 Å². The van der Waals surface area contributed by atoms with E-state index in [1.165, 1.54) is 10.4 Å². The molecule has 0 aliphatic heterocycles. The monoisotopic (exact) mass is 169 g/mol. The Labute approximate surface area is 72.4 Å². The Balaban J connectivity index is 2.67. The van der Waals surface area contributed by atoms with Gasteiger partial charge >= 0.3 is 0 Å². The van der Waals surface area contributed by atoms with Gasteiger partial charge in [-0.15, -0.1) is 11.3 Å². The van der Waals surface area contributed by atoms with Gasteiger partial charge in [-0.25, -0.2) is 0 Å². The Bertz CT molecular complexity index is 217. The Kier molecular flexibility index (Phi) is 3.09. The minimum absolute atomic E-state index is 0.653. The van der Waals surface area contributed by atoms with Gasteiger partial charge in [0.25, 0.3) is 0 Å². The van der Waals surface area contributed by atoms with Crippen molar-refractivity contribution in [1.29, 1.82) is 0 Å². The zero-order chi connectivity index (χ0) is 8.27. The van der Waals surface area contributed by atoms with Crippen molar-refractivity contribution < 1.29 is 0 Å². The molecule has 1 atom stereocenters. The average molecular weight is 169 g/mol. The van der Waals surface area contributed by atoms with Crippen molar-refractivity contribution in [3.8, 4) is 0 Å². The number of hydrogen-bond acceptors (Lipinski definition) is 2. The second-order valence-electron chi connectivity index (χ2n) is 2.93. The van der Waals surface area contributed by atoms with Crippen LogP contribution in [0.1, 0.15) is 23.3 Å². The van der Waals surface area contributed by atoms with Crippen LogP contribution in [0.15, 0.2) is 11.4 Å². The van der Waals surface area contributed by atoms with Crippen LogP contribution >= 0.6 is 11.3 Å². The predicted molar refractivity (Wildman–Crippen MR) is 51.4 cm³/mol. The fourth-order valence-electron chi connectivity index (χ4n) is 1.29. The van der Waals surface area contributed by atoms with Crippen LogP contribution in [0.3, 0.4) is 0 Å². The minimum atomic E-state index is 0.653. The van der Waals surface area contributed by atoms with E-state index in [4.69, 9.17) is 0 Å². The molecule has 0 fully saturated rings. The maximum absolute atomic E-state index is 3.19. The van der Waals surface area contributed by atoms with Gasteiger partial charge in [0.05, 0.1) is 0 Å². The first-order valence-electron chi connectivity index (χ1n) is 3.94. The number of nitrogens with one attached hydrogen (secondary N) is 1. The van der Waals surface area contributed by atoms with Crippen molar-refractivity contribution >= 4 is 11.3 Å². The molecular formula is C9H15NS. The van der Waals surface area contributed by atoms with Crippen LogP contribution in [0, 0.1) is 6.92 Å². The van der Waals surface area contributed by atoms with E-state index in [0.717, 1.165) is 6.54 Å². The van der Waals surface area contributed by atoms with Crippen LogP contribution in [0.4, 0.5) is 0 Å². The zero-order valence-electron chi connectivity index (χ0n) is 7.35. The molecule has 1 aromatic rings. The van der Waals surface area contributed by atoms with Gasteiger partial charge in [-0.1, -0.05) is 6.92 Å². The molecule has 0 aliphatic carbocycles. The molecule has 1 aromatic heterocycles. The van der Waals surface area contributed by atoms with E-state index in [0.29, 0.717) is 5.92 Å². The van der Waals surface area contributed by atoms with Gasteiger partial charge in [0.1, 0.15) is 0 Å². The molecule has 62 valence electrons. The summed E-state index contributed by atoms with van der Waals surface area (Å²) in [5.74, 6) is 0.653. The standard InChI is InChI=1S/C9H15NS/c1-7-4-5-11-9(7)8(2)6-10-3/h4-5,8,10H,6H2,1-3H3. The van der Waals surface area contributed by atoms with Crippen molar-refractivity contribution in [3.63, 3.8) is 0 Å². The van der Waals surface area contributed by atoms with E-state index in [1.54, 1.807) is 0 Å². The maximum Gasteiger partial charge on any atom is 0.0115 e. The molecular weight excluding hydrogens is 154 g/mol. The molecule has 0 amide bonds. The zero-order valence-corrected chi connectivity index (χ0v) is 8.16. The number of aryl methyl sites for hydroxylation is 1. The molecule has 0 radical (unpaired) electrons. The number of thiophene rings is 1. The molecule has 1 heterocycles. The van der Waals surface area contributed by atoms with Crippen molar-refractivity contribution in [2.75, 3.05) is 13.6 Å². The molecule has 0 saturated carbocycles. The van der Waals surface area contributed by atoms with Gasteiger partial charge in [-0.2, -0.15) is 0 Å². The smallest absolute Gasteiger partial charge is 0.0115 e. The molecule has 11 heavy (non-hydrogen) atoms. The van der Waals surface area contributed by atoms with Crippen LogP contribution in [0.25, 0.3) is 0 Å². The summed E-state index contributed by atoms with van der Waals surface area (Å²) in [6.07, 6.45) is 0. The molecule has 1 unspecified atom stereocenters. The normalized spacial score (nSPS) is 13.4. The third kappa shape index (κ3) is 2.04. The summed E-state index contributed by atoms with van der Waals surface area (Å²) in [6, 6.07) is 2.19. The second kappa shape index (κ2) is 3.88. The highest BCUT2D eigenvalue weighted by Gasteiger charge is 2.07. The summed E-state index contributed by atoms with van der Waals surface area (Å²) >= 11 is 1.86. The van der Waals surface area contributed by atoms with Gasteiger partial charge in [0.2, 0.25) is 0 Å². The van der Waals surface area contributed by atoms with E-state index in [2.05, 4.69) is 30.6 Å². The summed E-state index contributed by atoms with van der Waals surface area (Å²) in [5.41, 5.74) is 1.43. The fourth-order valence-corrected chi connectivity index (χ4v) is 2.28. The highest BCUT2D eigenvalue weighted by Crippen LogP contribution is 2.24. The van der Waals surface area contributed by atoms with Crippen molar-refractivity contribution in [2.45, 2.75) is 19.8 Å². The van der Waals surface area contributed by atoms with E-state index < -0.39 is 0 Å². The predicted octanol–water partition coefficient (Wildman–Crippen LogP) is 2.38. The largest absolute Gasteiger partial charge is 0.319 e. The van der Waals surface area contributed by atoms with Gasteiger partial charge in [0, 0.05) is 17.3 Å². The highest BCUT2D eigenvalue weighted by atomic mass is 32.1. The minimum Gasteiger partial charge on any atom is -0.319 e. The summed E-state index contributed by atoms with van der Waals surface area (Å²) in [7, 11) is 2.00. The lowest BCUT2D eigenvalue weighted by molar-refractivity contribution is 0.684. The maximum atomic E-state index is 3.19. The Hall–Kier alpha value is -0.340. The van der Waals surface area contributed by atoms with E-state index in [1.807, 2.05) is 18.4 Å².